The van der Waals surface area contributed by atoms with Gasteiger partial charge < -0.3 is 4.74 Å². The molecule has 0 saturated heterocycles. The number of halogens is 7. The summed E-state index contributed by atoms with van der Waals surface area (Å²) in [6.07, 6.45) is 9.88. The van der Waals surface area contributed by atoms with Crippen LogP contribution in [0.25, 0.3) is 11.1 Å². The monoisotopic (exact) mass is 640 g/mol. The topological polar surface area (TPSA) is 9.23 Å². The van der Waals surface area contributed by atoms with Crippen LogP contribution in [0.4, 0.5) is 30.7 Å². The molecule has 0 unspecified atom stereocenters. The molecule has 2 aromatic rings. The molecule has 0 aromatic heterocycles. The van der Waals surface area contributed by atoms with Crippen molar-refractivity contribution in [2.24, 2.45) is 35.5 Å². The highest BCUT2D eigenvalue weighted by molar-refractivity contribution is 5.65. The van der Waals surface area contributed by atoms with E-state index in [1.165, 1.54) is 101 Å². The van der Waals surface area contributed by atoms with Crippen LogP contribution >= 0.6 is 0 Å². The third-order valence-electron chi connectivity index (χ3n) is 11.3. The standard InChI is InChI=1S/C37H47F7O/c1-2-3-4-5-24-6-8-25(9-7-24)26-10-12-27(13-11-26)28-14-18-31(19-15-28)37(43,44)45-32-20-16-29(17-21-32)30-22-33(38)35(34(39)23-30)36(40,41)42/h16-17,20-28,31H,2-15,18-19H2,1H3. The van der Waals surface area contributed by atoms with Gasteiger partial charge >= 0.3 is 12.3 Å². The van der Waals surface area contributed by atoms with E-state index in [1.807, 2.05) is 0 Å². The Morgan fingerprint density at radius 3 is 1.56 bits per heavy atom. The summed E-state index contributed by atoms with van der Waals surface area (Å²) in [7, 11) is 0. The summed E-state index contributed by atoms with van der Waals surface area (Å²) < 4.78 is 102. The van der Waals surface area contributed by atoms with Crippen LogP contribution in [0.5, 0.6) is 5.75 Å². The van der Waals surface area contributed by atoms with Gasteiger partial charge in [0.1, 0.15) is 22.9 Å². The lowest BCUT2D eigenvalue weighted by Crippen LogP contribution is -2.38. The van der Waals surface area contributed by atoms with Gasteiger partial charge in [-0.05, 0) is 129 Å². The number of unbranched alkanes of at least 4 members (excludes halogenated alkanes) is 2. The van der Waals surface area contributed by atoms with Crippen LogP contribution in [-0.2, 0) is 6.18 Å². The van der Waals surface area contributed by atoms with Crippen LogP contribution < -0.4 is 4.74 Å². The minimum absolute atomic E-state index is 0.105. The number of alkyl halides is 5. The fraction of sp³-hybridized carbons (Fsp3) is 0.676. The van der Waals surface area contributed by atoms with Gasteiger partial charge in [-0.15, -0.1) is 0 Å². The van der Waals surface area contributed by atoms with Gasteiger partial charge in [0.25, 0.3) is 0 Å². The molecule has 250 valence electrons. The van der Waals surface area contributed by atoms with Gasteiger partial charge in [-0.2, -0.15) is 22.0 Å². The van der Waals surface area contributed by atoms with Crippen molar-refractivity contribution < 1.29 is 35.5 Å². The number of hydrogen-bond acceptors (Lipinski definition) is 1. The average molecular weight is 641 g/mol. The lowest BCUT2D eigenvalue weighted by molar-refractivity contribution is -0.224. The van der Waals surface area contributed by atoms with Crippen molar-refractivity contribution in [2.75, 3.05) is 0 Å². The second-order valence-electron chi connectivity index (χ2n) is 14.1. The largest absolute Gasteiger partial charge is 0.432 e. The van der Waals surface area contributed by atoms with E-state index < -0.39 is 35.4 Å². The first kappa shape index (κ1) is 34.1. The van der Waals surface area contributed by atoms with E-state index in [0.29, 0.717) is 36.8 Å². The highest BCUT2D eigenvalue weighted by Crippen LogP contribution is 2.48. The molecule has 0 N–H and O–H groups in total. The molecular weight excluding hydrogens is 593 g/mol. The predicted octanol–water partition coefficient (Wildman–Crippen LogP) is 12.6. The quantitative estimate of drug-likeness (QED) is 0.185. The van der Waals surface area contributed by atoms with Crippen molar-refractivity contribution in [3.05, 3.63) is 53.6 Å². The van der Waals surface area contributed by atoms with Crippen LogP contribution in [0.1, 0.15) is 115 Å². The summed E-state index contributed by atoms with van der Waals surface area (Å²) in [4.78, 5) is 0. The second-order valence-corrected chi connectivity index (χ2v) is 14.1. The number of benzene rings is 2. The Hall–Kier alpha value is -2.25. The van der Waals surface area contributed by atoms with Gasteiger partial charge in [0.15, 0.2) is 0 Å². The van der Waals surface area contributed by atoms with Crippen molar-refractivity contribution in [2.45, 2.75) is 122 Å². The maximum Gasteiger partial charge on any atom is 0.422 e. The van der Waals surface area contributed by atoms with Gasteiger partial charge in [-0.1, -0.05) is 57.6 Å². The first-order valence-electron chi connectivity index (χ1n) is 17.2. The molecule has 0 bridgehead atoms. The van der Waals surface area contributed by atoms with E-state index in [9.17, 15) is 22.0 Å². The molecule has 0 aliphatic heterocycles. The fourth-order valence-electron chi connectivity index (χ4n) is 8.61. The van der Waals surface area contributed by atoms with Gasteiger partial charge in [0, 0.05) is 0 Å². The zero-order valence-corrected chi connectivity index (χ0v) is 26.3. The predicted molar refractivity (Wildman–Crippen MR) is 163 cm³/mol. The number of rotatable bonds is 10. The van der Waals surface area contributed by atoms with Crippen LogP contribution in [0, 0.1) is 47.1 Å². The van der Waals surface area contributed by atoms with E-state index in [-0.39, 0.29) is 16.9 Å². The van der Waals surface area contributed by atoms with Crippen molar-refractivity contribution in [3.63, 3.8) is 0 Å². The molecular formula is C37H47F7O. The minimum atomic E-state index is -5.17. The van der Waals surface area contributed by atoms with Gasteiger partial charge in [-0.3, -0.25) is 0 Å². The molecule has 8 heteroatoms. The van der Waals surface area contributed by atoms with Gasteiger partial charge in [0.2, 0.25) is 0 Å². The molecule has 3 fully saturated rings. The summed E-state index contributed by atoms with van der Waals surface area (Å²) in [6.45, 7) is 2.27. The van der Waals surface area contributed by atoms with Crippen LogP contribution in [0.15, 0.2) is 36.4 Å². The first-order valence-corrected chi connectivity index (χ1v) is 17.2. The summed E-state index contributed by atoms with van der Waals surface area (Å²) in [6, 6.07) is 6.28. The van der Waals surface area contributed by atoms with Crippen molar-refractivity contribution >= 4 is 0 Å². The Balaban J connectivity index is 1.07. The summed E-state index contributed by atoms with van der Waals surface area (Å²) in [5.41, 5.74) is -1.91. The lowest BCUT2D eigenvalue weighted by atomic mass is 9.65. The third kappa shape index (κ3) is 8.57. The maximum atomic E-state index is 15.2. The van der Waals surface area contributed by atoms with E-state index in [0.717, 1.165) is 30.6 Å². The molecule has 0 spiro atoms. The van der Waals surface area contributed by atoms with Crippen molar-refractivity contribution in [1.29, 1.82) is 0 Å². The van der Waals surface area contributed by atoms with E-state index in [1.54, 1.807) is 0 Å². The molecule has 45 heavy (non-hydrogen) atoms. The Bertz CT molecular complexity index is 1190. The molecule has 0 radical (unpaired) electrons. The normalized spacial score (nSPS) is 28.2. The number of ether oxygens (including phenoxy) is 1. The number of hydrogen-bond donors (Lipinski definition) is 0. The van der Waals surface area contributed by atoms with E-state index >= 15 is 8.78 Å². The summed E-state index contributed by atoms with van der Waals surface area (Å²) >= 11 is 0. The molecule has 0 amide bonds. The summed E-state index contributed by atoms with van der Waals surface area (Å²) in [5, 5.41) is 0. The summed E-state index contributed by atoms with van der Waals surface area (Å²) in [5.74, 6) is -0.674. The minimum Gasteiger partial charge on any atom is -0.432 e. The molecule has 0 heterocycles. The zero-order valence-electron chi connectivity index (χ0n) is 26.3. The first-order chi connectivity index (χ1) is 21.4. The second kappa shape index (κ2) is 14.7. The highest BCUT2D eigenvalue weighted by Gasteiger charge is 2.45. The van der Waals surface area contributed by atoms with Gasteiger partial charge in [0.05, 0.1) is 5.92 Å². The molecule has 5 rings (SSSR count). The SMILES string of the molecule is CCCCCC1CCC(C2CCC(C3CCC(C(F)(F)Oc4ccc(-c5cc(F)c(C(F)(F)F)c(F)c5)cc4)CC3)CC2)CC1. The molecule has 2 aromatic carbocycles. The molecule has 3 saturated carbocycles. The Kier molecular flexibility index (Phi) is 11.1. The zero-order chi connectivity index (χ0) is 32.2. The lowest BCUT2D eigenvalue weighted by Gasteiger charge is -2.42. The highest BCUT2D eigenvalue weighted by atomic mass is 19.4. The molecule has 1 nitrogen and oxygen atoms in total. The smallest absolute Gasteiger partial charge is 0.422 e. The average Bonchev–Trinajstić information content (AvgIpc) is 3.01. The van der Waals surface area contributed by atoms with Crippen molar-refractivity contribution in [3.8, 4) is 16.9 Å². The van der Waals surface area contributed by atoms with Crippen LogP contribution in [0.3, 0.4) is 0 Å². The molecule has 3 aliphatic carbocycles. The maximum absolute atomic E-state index is 15.2. The molecule has 3 aliphatic rings. The van der Waals surface area contributed by atoms with Crippen LogP contribution in [-0.4, -0.2) is 6.11 Å². The fourth-order valence-corrected chi connectivity index (χ4v) is 8.61. The van der Waals surface area contributed by atoms with E-state index in [2.05, 4.69) is 6.92 Å². The van der Waals surface area contributed by atoms with Crippen LogP contribution in [0.2, 0.25) is 0 Å². The Morgan fingerprint density at radius 2 is 1.09 bits per heavy atom. The van der Waals surface area contributed by atoms with Gasteiger partial charge in [-0.25, -0.2) is 8.78 Å². The molecule has 0 atom stereocenters. The van der Waals surface area contributed by atoms with Crippen molar-refractivity contribution in [1.82, 2.24) is 0 Å². The Morgan fingerprint density at radius 1 is 0.622 bits per heavy atom. The third-order valence-corrected chi connectivity index (χ3v) is 11.3. The van der Waals surface area contributed by atoms with E-state index in [4.69, 9.17) is 4.74 Å². The Labute approximate surface area is 263 Å².